The van der Waals surface area contributed by atoms with Crippen LogP contribution in [0.5, 0.6) is 0 Å². The van der Waals surface area contributed by atoms with Crippen molar-refractivity contribution in [1.82, 2.24) is 5.32 Å². The first kappa shape index (κ1) is 9.74. The fourth-order valence-corrected chi connectivity index (χ4v) is 1.59. The molecule has 0 spiro atoms. The molecular formula is C10H11ClN2S. The molecule has 1 aromatic carbocycles. The van der Waals surface area contributed by atoms with Crippen molar-refractivity contribution in [2.75, 3.05) is 5.32 Å². The summed E-state index contributed by atoms with van der Waals surface area (Å²) in [6.45, 7) is 0. The maximum absolute atomic E-state index is 5.97. The van der Waals surface area contributed by atoms with Gasteiger partial charge in [-0.15, -0.1) is 0 Å². The summed E-state index contributed by atoms with van der Waals surface area (Å²) in [5, 5.41) is 7.60. The molecule has 14 heavy (non-hydrogen) atoms. The molecule has 0 aromatic heterocycles. The maximum atomic E-state index is 5.97. The van der Waals surface area contributed by atoms with Crippen molar-refractivity contribution in [3.8, 4) is 0 Å². The van der Waals surface area contributed by atoms with E-state index in [2.05, 4.69) is 10.6 Å². The monoisotopic (exact) mass is 226 g/mol. The van der Waals surface area contributed by atoms with Gasteiger partial charge in [0.2, 0.25) is 0 Å². The Balaban J connectivity index is 1.95. The molecule has 0 radical (unpaired) electrons. The molecule has 2 nitrogen and oxygen atoms in total. The van der Waals surface area contributed by atoms with Crippen LogP contribution in [0, 0.1) is 0 Å². The predicted octanol–water partition coefficient (Wildman–Crippen LogP) is 2.79. The van der Waals surface area contributed by atoms with Gasteiger partial charge in [0.1, 0.15) is 0 Å². The molecule has 1 saturated carbocycles. The summed E-state index contributed by atoms with van der Waals surface area (Å²) in [5.74, 6) is 0. The van der Waals surface area contributed by atoms with Crippen LogP contribution in [0.25, 0.3) is 0 Å². The fourth-order valence-electron chi connectivity index (χ4n) is 1.13. The van der Waals surface area contributed by atoms with Gasteiger partial charge in [-0.25, -0.2) is 0 Å². The molecule has 0 bridgehead atoms. The van der Waals surface area contributed by atoms with Crippen LogP contribution in [0.15, 0.2) is 24.3 Å². The van der Waals surface area contributed by atoms with E-state index in [1.807, 2.05) is 24.3 Å². The molecule has 0 aliphatic heterocycles. The van der Waals surface area contributed by atoms with E-state index in [1.54, 1.807) is 0 Å². The van der Waals surface area contributed by atoms with Gasteiger partial charge in [-0.2, -0.15) is 0 Å². The zero-order valence-electron chi connectivity index (χ0n) is 7.59. The summed E-state index contributed by atoms with van der Waals surface area (Å²) in [7, 11) is 0. The Hall–Kier alpha value is -0.800. The molecule has 1 fully saturated rings. The fraction of sp³-hybridized carbons (Fsp3) is 0.300. The first-order valence-corrected chi connectivity index (χ1v) is 5.36. The highest BCUT2D eigenvalue weighted by atomic mass is 35.5. The van der Waals surface area contributed by atoms with E-state index in [0.717, 1.165) is 5.69 Å². The van der Waals surface area contributed by atoms with Gasteiger partial charge in [0.15, 0.2) is 5.11 Å². The van der Waals surface area contributed by atoms with Crippen LogP contribution in [0.2, 0.25) is 5.02 Å². The van der Waals surface area contributed by atoms with Gasteiger partial charge in [-0.1, -0.05) is 23.7 Å². The van der Waals surface area contributed by atoms with Crippen LogP contribution in [-0.2, 0) is 0 Å². The van der Waals surface area contributed by atoms with Crippen molar-refractivity contribution >= 4 is 34.6 Å². The van der Waals surface area contributed by atoms with Gasteiger partial charge in [0, 0.05) is 6.04 Å². The highest BCUT2D eigenvalue weighted by Crippen LogP contribution is 2.22. The Labute approximate surface area is 93.6 Å². The second-order valence-corrected chi connectivity index (χ2v) is 4.17. The highest BCUT2D eigenvalue weighted by Gasteiger charge is 2.21. The summed E-state index contributed by atoms with van der Waals surface area (Å²) in [5.41, 5.74) is 0.854. The van der Waals surface area contributed by atoms with E-state index in [-0.39, 0.29) is 0 Å². The van der Waals surface area contributed by atoms with Crippen molar-refractivity contribution in [3.63, 3.8) is 0 Å². The molecular weight excluding hydrogens is 216 g/mol. The van der Waals surface area contributed by atoms with Crippen LogP contribution < -0.4 is 10.6 Å². The van der Waals surface area contributed by atoms with Crippen molar-refractivity contribution < 1.29 is 0 Å². The van der Waals surface area contributed by atoms with Gasteiger partial charge in [-0.3, -0.25) is 0 Å². The smallest absolute Gasteiger partial charge is 0.171 e. The normalized spacial score (nSPS) is 14.9. The Morgan fingerprint density at radius 3 is 2.71 bits per heavy atom. The second kappa shape index (κ2) is 4.15. The number of halogens is 1. The van der Waals surface area contributed by atoms with E-state index in [9.17, 15) is 0 Å². The predicted molar refractivity (Wildman–Crippen MR) is 63.8 cm³/mol. The zero-order valence-corrected chi connectivity index (χ0v) is 9.16. The van der Waals surface area contributed by atoms with Crippen LogP contribution >= 0.6 is 23.8 Å². The van der Waals surface area contributed by atoms with E-state index >= 15 is 0 Å². The van der Waals surface area contributed by atoms with E-state index in [1.165, 1.54) is 12.8 Å². The van der Waals surface area contributed by atoms with Crippen molar-refractivity contribution in [1.29, 1.82) is 0 Å². The molecule has 1 aliphatic rings. The first-order chi connectivity index (χ1) is 6.75. The average Bonchev–Trinajstić information content (AvgIpc) is 2.93. The molecule has 1 aromatic rings. The third-order valence-corrected chi connectivity index (χ3v) is 2.58. The molecule has 74 valence electrons. The molecule has 0 saturated heterocycles. The van der Waals surface area contributed by atoms with Crippen molar-refractivity contribution in [3.05, 3.63) is 29.3 Å². The topological polar surface area (TPSA) is 24.1 Å². The molecule has 2 N–H and O–H groups in total. The van der Waals surface area contributed by atoms with Crippen LogP contribution in [0.3, 0.4) is 0 Å². The largest absolute Gasteiger partial charge is 0.360 e. The molecule has 0 amide bonds. The number of hydrogen-bond donors (Lipinski definition) is 2. The van der Waals surface area contributed by atoms with Crippen LogP contribution in [0.4, 0.5) is 5.69 Å². The average molecular weight is 227 g/mol. The summed E-state index contributed by atoms with van der Waals surface area (Å²) < 4.78 is 0. The van der Waals surface area contributed by atoms with E-state index in [4.69, 9.17) is 23.8 Å². The molecule has 0 atom stereocenters. The Morgan fingerprint density at radius 1 is 1.36 bits per heavy atom. The van der Waals surface area contributed by atoms with Gasteiger partial charge in [0.25, 0.3) is 0 Å². The lowest BCUT2D eigenvalue weighted by Gasteiger charge is -2.10. The third-order valence-electron chi connectivity index (χ3n) is 2.03. The number of anilines is 1. The number of para-hydroxylation sites is 1. The summed E-state index contributed by atoms with van der Waals surface area (Å²) >= 11 is 11.1. The Morgan fingerprint density at radius 2 is 2.07 bits per heavy atom. The quantitative estimate of drug-likeness (QED) is 0.759. The van der Waals surface area contributed by atoms with Crippen molar-refractivity contribution in [2.24, 2.45) is 0 Å². The van der Waals surface area contributed by atoms with Gasteiger partial charge >= 0.3 is 0 Å². The minimum Gasteiger partial charge on any atom is -0.360 e. The molecule has 0 heterocycles. The lowest BCUT2D eigenvalue weighted by molar-refractivity contribution is 0.919. The molecule has 4 heteroatoms. The maximum Gasteiger partial charge on any atom is 0.171 e. The van der Waals surface area contributed by atoms with Gasteiger partial charge in [0.05, 0.1) is 10.7 Å². The number of rotatable bonds is 2. The third kappa shape index (κ3) is 2.59. The van der Waals surface area contributed by atoms with Crippen LogP contribution in [-0.4, -0.2) is 11.2 Å². The number of thiocarbonyl (C=S) groups is 1. The number of benzene rings is 1. The summed E-state index contributed by atoms with van der Waals surface area (Å²) in [6.07, 6.45) is 2.43. The molecule has 2 rings (SSSR count). The highest BCUT2D eigenvalue weighted by molar-refractivity contribution is 7.80. The summed E-state index contributed by atoms with van der Waals surface area (Å²) in [4.78, 5) is 0. The van der Waals surface area contributed by atoms with Gasteiger partial charge < -0.3 is 10.6 Å². The lowest BCUT2D eigenvalue weighted by Crippen LogP contribution is -2.30. The number of hydrogen-bond acceptors (Lipinski definition) is 1. The molecule has 0 unspecified atom stereocenters. The van der Waals surface area contributed by atoms with E-state index < -0.39 is 0 Å². The minimum absolute atomic E-state index is 0.567. The Bertz CT molecular complexity index is 350. The van der Waals surface area contributed by atoms with E-state index in [0.29, 0.717) is 16.2 Å². The van der Waals surface area contributed by atoms with Crippen molar-refractivity contribution in [2.45, 2.75) is 18.9 Å². The standard InChI is InChI=1S/C10H11ClN2S/c11-8-3-1-2-4-9(8)13-10(14)12-7-5-6-7/h1-4,7H,5-6H2,(H2,12,13,14). The second-order valence-electron chi connectivity index (χ2n) is 3.35. The first-order valence-electron chi connectivity index (χ1n) is 4.58. The number of nitrogens with one attached hydrogen (secondary N) is 2. The molecule has 1 aliphatic carbocycles. The SMILES string of the molecule is S=C(Nc1ccccc1Cl)NC1CC1. The zero-order chi connectivity index (χ0) is 9.97. The minimum atomic E-state index is 0.567. The Kier molecular flexibility index (Phi) is 2.89. The van der Waals surface area contributed by atoms with Gasteiger partial charge in [-0.05, 0) is 37.2 Å². The summed E-state index contributed by atoms with van der Waals surface area (Å²) in [6, 6.07) is 8.13. The van der Waals surface area contributed by atoms with Crippen LogP contribution in [0.1, 0.15) is 12.8 Å². The lowest BCUT2D eigenvalue weighted by atomic mass is 10.3.